The number of amides is 1. The molecule has 0 saturated carbocycles. The van der Waals surface area contributed by atoms with Gasteiger partial charge in [-0.15, -0.1) is 0 Å². The van der Waals surface area contributed by atoms with Gasteiger partial charge in [-0.25, -0.2) is 0 Å². The predicted molar refractivity (Wildman–Crippen MR) is 268 cm³/mol. The summed E-state index contributed by atoms with van der Waals surface area (Å²) in [5.74, 6) is -0.523. The van der Waals surface area contributed by atoms with Crippen LogP contribution in [0.1, 0.15) is 245 Å². The number of esters is 1. The summed E-state index contributed by atoms with van der Waals surface area (Å²) in [6.07, 6.45) is 62.4. The number of aliphatic hydroxyl groups excluding tert-OH is 2. The van der Waals surface area contributed by atoms with Crippen molar-refractivity contribution in [3.8, 4) is 0 Å². The summed E-state index contributed by atoms with van der Waals surface area (Å²) in [5, 5.41) is 23.7. The molecule has 62 heavy (non-hydrogen) atoms. The maximum atomic E-state index is 13.2. The first-order chi connectivity index (χ1) is 30.5. The molecule has 0 fully saturated rings. The van der Waals surface area contributed by atoms with Gasteiger partial charge in [0, 0.05) is 6.42 Å². The highest BCUT2D eigenvalue weighted by Crippen LogP contribution is 2.17. The molecule has 3 N–H and O–H groups in total. The molecule has 3 atom stereocenters. The quantitative estimate of drug-likeness (QED) is 0.0322. The number of allylic oxidation sites excluding steroid dienone is 12. The van der Waals surface area contributed by atoms with Crippen LogP contribution in [-0.2, 0) is 14.3 Å². The number of hydrogen-bond donors (Lipinski definition) is 3. The molecule has 1 amide bonds. The minimum atomic E-state index is -0.800. The molecule has 0 radical (unpaired) electrons. The van der Waals surface area contributed by atoms with Gasteiger partial charge in [-0.2, -0.15) is 0 Å². The van der Waals surface area contributed by atoms with Gasteiger partial charge in [0.25, 0.3) is 0 Å². The summed E-state index contributed by atoms with van der Waals surface area (Å²) < 4.78 is 5.92. The Kier molecular flexibility index (Phi) is 47.2. The van der Waals surface area contributed by atoms with Gasteiger partial charge in [0.2, 0.25) is 5.91 Å². The normalized spacial score (nSPS) is 13.8. The number of unbranched alkanes of at least 4 members (excludes halogenated alkanes) is 22. The fourth-order valence-electron chi connectivity index (χ4n) is 7.50. The molecule has 3 unspecified atom stereocenters. The first kappa shape index (κ1) is 59.3. The Labute approximate surface area is 383 Å². The molecule has 0 aliphatic carbocycles. The molecular weight excluding hydrogens is 767 g/mol. The zero-order valence-corrected chi connectivity index (χ0v) is 40.7. The summed E-state index contributed by atoms with van der Waals surface area (Å²) in [6, 6.07) is -0.716. The van der Waals surface area contributed by atoms with E-state index in [0.29, 0.717) is 19.3 Å². The number of nitrogens with one attached hydrogen (secondary N) is 1. The molecule has 6 heteroatoms. The third-order valence-electron chi connectivity index (χ3n) is 11.5. The van der Waals surface area contributed by atoms with Crippen LogP contribution >= 0.6 is 0 Å². The lowest BCUT2D eigenvalue weighted by Gasteiger charge is -2.24. The molecule has 0 aromatic rings. The Morgan fingerprint density at radius 1 is 0.468 bits per heavy atom. The maximum absolute atomic E-state index is 13.2. The van der Waals surface area contributed by atoms with Gasteiger partial charge in [0.15, 0.2) is 0 Å². The Morgan fingerprint density at radius 3 is 1.27 bits per heavy atom. The van der Waals surface area contributed by atoms with Crippen LogP contribution in [-0.4, -0.2) is 46.9 Å². The van der Waals surface area contributed by atoms with E-state index < -0.39 is 18.2 Å². The van der Waals surface area contributed by atoms with E-state index >= 15 is 0 Å². The SMILES string of the molecule is CCCCC/C=C\C/C=C\C/C=C\CCCCCCC(=O)OC(CCCCCC/C=C\C/C=C\C/C=C\CCCCC)CC(=O)NC(CO)C(O)CCCCCCCCCCC. The number of carbonyl (C=O) groups is 2. The van der Waals surface area contributed by atoms with Gasteiger partial charge in [-0.05, 0) is 103 Å². The molecule has 0 aromatic carbocycles. The highest BCUT2D eigenvalue weighted by atomic mass is 16.5. The van der Waals surface area contributed by atoms with Gasteiger partial charge >= 0.3 is 5.97 Å². The zero-order chi connectivity index (χ0) is 45.2. The molecule has 0 aromatic heterocycles. The van der Waals surface area contributed by atoms with E-state index in [4.69, 9.17) is 4.74 Å². The molecular formula is C56H99NO5. The Bertz CT molecular complexity index is 1150. The molecule has 0 saturated heterocycles. The van der Waals surface area contributed by atoms with E-state index in [9.17, 15) is 19.8 Å². The fourth-order valence-corrected chi connectivity index (χ4v) is 7.50. The minimum absolute atomic E-state index is 0.0508. The van der Waals surface area contributed by atoms with E-state index in [1.165, 1.54) is 89.9 Å². The van der Waals surface area contributed by atoms with E-state index in [-0.39, 0.29) is 24.9 Å². The van der Waals surface area contributed by atoms with E-state index in [0.717, 1.165) is 109 Å². The lowest BCUT2D eigenvalue weighted by molar-refractivity contribution is -0.151. The van der Waals surface area contributed by atoms with Gasteiger partial charge in [0.1, 0.15) is 6.10 Å². The van der Waals surface area contributed by atoms with Crippen molar-refractivity contribution in [2.24, 2.45) is 0 Å². The summed E-state index contributed by atoms with van der Waals surface area (Å²) in [5.41, 5.74) is 0. The number of rotatable bonds is 46. The summed E-state index contributed by atoms with van der Waals surface area (Å²) in [4.78, 5) is 26.1. The van der Waals surface area contributed by atoms with E-state index in [1.54, 1.807) is 0 Å². The van der Waals surface area contributed by atoms with Gasteiger partial charge in [-0.3, -0.25) is 9.59 Å². The summed E-state index contributed by atoms with van der Waals surface area (Å²) in [7, 11) is 0. The molecule has 6 nitrogen and oxygen atoms in total. The average Bonchev–Trinajstić information content (AvgIpc) is 3.26. The minimum Gasteiger partial charge on any atom is -0.462 e. The largest absolute Gasteiger partial charge is 0.462 e. The monoisotopic (exact) mass is 866 g/mol. The van der Waals surface area contributed by atoms with E-state index in [1.807, 2.05) is 0 Å². The Morgan fingerprint density at radius 2 is 0.823 bits per heavy atom. The standard InChI is InChI=1S/C56H99NO5/c1-4-7-10-13-16-19-21-23-25-27-29-31-33-36-38-41-44-47-52(50-55(60)57-53(51-58)54(59)48-45-42-39-35-18-15-12-9-6-3)62-56(61)49-46-43-40-37-34-32-30-28-26-24-22-20-17-14-11-8-5-2/h16-17,19-20,23-26,29-32,52-54,58-59H,4-15,18,21-22,27-28,33-51H2,1-3H3,(H,57,60)/b19-16-,20-17-,25-23-,26-24-,31-29-,32-30-. The van der Waals surface area contributed by atoms with Crippen LogP contribution in [0.15, 0.2) is 72.9 Å². The molecule has 0 heterocycles. The first-order valence-electron chi connectivity index (χ1n) is 26.2. The van der Waals surface area contributed by atoms with Crippen molar-refractivity contribution in [1.82, 2.24) is 5.32 Å². The molecule has 0 spiro atoms. The molecule has 0 aliphatic rings. The summed E-state index contributed by atoms with van der Waals surface area (Å²) in [6.45, 7) is 6.40. The van der Waals surface area contributed by atoms with Crippen LogP contribution in [0, 0.1) is 0 Å². The van der Waals surface area contributed by atoms with Crippen LogP contribution in [0.25, 0.3) is 0 Å². The molecule has 0 bridgehead atoms. The van der Waals surface area contributed by atoms with Gasteiger partial charge in [-0.1, -0.05) is 203 Å². The Balaban J connectivity index is 4.68. The second kappa shape index (κ2) is 49.3. The van der Waals surface area contributed by atoms with Crippen LogP contribution in [0.4, 0.5) is 0 Å². The van der Waals surface area contributed by atoms with E-state index in [2.05, 4.69) is 99.0 Å². The average molecular weight is 866 g/mol. The van der Waals surface area contributed by atoms with Crippen LogP contribution in [0.3, 0.4) is 0 Å². The number of ether oxygens (including phenoxy) is 1. The highest BCUT2D eigenvalue weighted by Gasteiger charge is 2.24. The van der Waals surface area contributed by atoms with Crippen molar-refractivity contribution in [3.63, 3.8) is 0 Å². The first-order valence-corrected chi connectivity index (χ1v) is 26.2. The zero-order valence-electron chi connectivity index (χ0n) is 40.7. The second-order valence-electron chi connectivity index (χ2n) is 17.6. The summed E-state index contributed by atoms with van der Waals surface area (Å²) >= 11 is 0. The third kappa shape index (κ3) is 43.9. The van der Waals surface area contributed by atoms with Crippen LogP contribution in [0.2, 0.25) is 0 Å². The van der Waals surface area contributed by atoms with Crippen LogP contribution < -0.4 is 5.32 Å². The number of aliphatic hydroxyl groups is 2. The van der Waals surface area contributed by atoms with Crippen LogP contribution in [0.5, 0.6) is 0 Å². The number of carbonyl (C=O) groups excluding carboxylic acids is 2. The molecule has 0 aliphatic heterocycles. The lowest BCUT2D eigenvalue weighted by Crippen LogP contribution is -2.46. The maximum Gasteiger partial charge on any atom is 0.306 e. The Hall–Kier alpha value is -2.70. The van der Waals surface area contributed by atoms with Gasteiger partial charge < -0.3 is 20.3 Å². The van der Waals surface area contributed by atoms with Crippen molar-refractivity contribution in [2.75, 3.05) is 6.61 Å². The van der Waals surface area contributed by atoms with Crippen molar-refractivity contribution in [2.45, 2.75) is 264 Å². The van der Waals surface area contributed by atoms with Crippen molar-refractivity contribution < 1.29 is 24.5 Å². The third-order valence-corrected chi connectivity index (χ3v) is 11.5. The van der Waals surface area contributed by atoms with Crippen molar-refractivity contribution in [3.05, 3.63) is 72.9 Å². The molecule has 358 valence electrons. The second-order valence-corrected chi connectivity index (χ2v) is 17.6. The fraction of sp³-hybridized carbons (Fsp3) is 0.750. The van der Waals surface area contributed by atoms with Crippen molar-refractivity contribution >= 4 is 11.9 Å². The number of hydrogen-bond acceptors (Lipinski definition) is 5. The topological polar surface area (TPSA) is 95.9 Å². The highest BCUT2D eigenvalue weighted by molar-refractivity contribution is 5.77. The van der Waals surface area contributed by atoms with Gasteiger partial charge in [0.05, 0.1) is 25.2 Å². The predicted octanol–water partition coefficient (Wildman–Crippen LogP) is 15.8. The lowest BCUT2D eigenvalue weighted by atomic mass is 10.0. The molecule has 0 rings (SSSR count). The smallest absolute Gasteiger partial charge is 0.306 e. The van der Waals surface area contributed by atoms with Crippen molar-refractivity contribution in [1.29, 1.82) is 0 Å².